The molecule has 0 fully saturated rings. The molecule has 0 amide bonds. The molecule has 3 rings (SSSR count). The molecule has 0 saturated heterocycles. The quantitative estimate of drug-likeness (QED) is 0.625. The fraction of sp³-hybridized carbons (Fsp3) is 0. The molecule has 0 unspecified atom stereocenters. The van der Waals surface area contributed by atoms with Crippen LogP contribution < -0.4 is 0 Å². The molecule has 0 bridgehead atoms. The lowest BCUT2D eigenvalue weighted by atomic mass is 10.1. The van der Waals surface area contributed by atoms with Crippen molar-refractivity contribution in [1.82, 2.24) is 8.75 Å². The molecular weight excluding hydrogens is 212 g/mol. The van der Waals surface area contributed by atoms with Gasteiger partial charge in [0.05, 0.1) is 11.7 Å². The molecule has 0 spiro atoms. The predicted octanol–water partition coefficient (Wildman–Crippen LogP) is 3.42. The maximum Gasteiger partial charge on any atom is 0.113 e. The van der Waals surface area contributed by atoms with Gasteiger partial charge in [0.25, 0.3) is 0 Å². The van der Waals surface area contributed by atoms with Crippen molar-refractivity contribution in [2.24, 2.45) is 0 Å². The highest BCUT2D eigenvalue weighted by Crippen LogP contribution is 2.30. The summed E-state index contributed by atoms with van der Waals surface area (Å²) in [6.45, 7) is 0. The largest absolute Gasteiger partial charge is 0.173 e. The summed E-state index contributed by atoms with van der Waals surface area (Å²) in [5.41, 5.74) is 3.19. The number of nitrogens with zero attached hydrogens (tertiary/aromatic N) is 2. The van der Waals surface area contributed by atoms with Crippen LogP contribution in [0, 0.1) is 0 Å². The molecule has 1 aromatic carbocycles. The van der Waals surface area contributed by atoms with E-state index in [0.717, 1.165) is 11.0 Å². The van der Waals surface area contributed by atoms with E-state index in [-0.39, 0.29) is 0 Å². The van der Waals surface area contributed by atoms with Gasteiger partial charge in [0, 0.05) is 10.4 Å². The topological polar surface area (TPSA) is 25.8 Å². The molecule has 0 aliphatic rings. The first-order valence-electron chi connectivity index (χ1n) is 4.20. The first-order valence-corrected chi connectivity index (χ1v) is 5.81. The van der Waals surface area contributed by atoms with Gasteiger partial charge in [-0.05, 0) is 17.5 Å². The molecule has 2 nitrogen and oxygen atoms in total. The monoisotopic (exact) mass is 218 g/mol. The van der Waals surface area contributed by atoms with Crippen molar-refractivity contribution in [3.63, 3.8) is 0 Å². The fourth-order valence-corrected chi connectivity index (χ4v) is 2.74. The Morgan fingerprint density at radius 2 is 2.00 bits per heavy atom. The lowest BCUT2D eigenvalue weighted by molar-refractivity contribution is 1.64. The molecule has 3 aromatic rings. The van der Waals surface area contributed by atoms with Gasteiger partial charge in [0.2, 0.25) is 0 Å². The van der Waals surface area contributed by atoms with Gasteiger partial charge in [-0.25, -0.2) is 0 Å². The summed E-state index contributed by atoms with van der Waals surface area (Å²) in [7, 11) is 0. The average molecular weight is 218 g/mol. The number of fused-ring (bicyclic) bond motifs is 1. The number of rotatable bonds is 1. The predicted molar refractivity (Wildman–Crippen MR) is 60.7 cm³/mol. The lowest BCUT2D eigenvalue weighted by Crippen LogP contribution is -1.75. The van der Waals surface area contributed by atoms with Gasteiger partial charge >= 0.3 is 0 Å². The van der Waals surface area contributed by atoms with Crippen molar-refractivity contribution in [3.05, 3.63) is 35.7 Å². The third-order valence-corrected chi connectivity index (χ3v) is 3.52. The summed E-state index contributed by atoms with van der Waals surface area (Å²) < 4.78 is 8.54. The number of hydrogen-bond donors (Lipinski definition) is 0. The highest BCUT2D eigenvalue weighted by Gasteiger charge is 2.06. The smallest absolute Gasteiger partial charge is 0.113 e. The van der Waals surface area contributed by atoms with E-state index in [0.29, 0.717) is 0 Å². The van der Waals surface area contributed by atoms with Crippen LogP contribution in [0.4, 0.5) is 0 Å². The van der Waals surface area contributed by atoms with Gasteiger partial charge in [0.15, 0.2) is 0 Å². The van der Waals surface area contributed by atoms with Crippen molar-refractivity contribution < 1.29 is 0 Å². The third-order valence-electron chi connectivity index (χ3n) is 2.07. The summed E-state index contributed by atoms with van der Waals surface area (Å²) in [6, 6.07) is 10.3. The van der Waals surface area contributed by atoms with Crippen LogP contribution in [0.15, 0.2) is 35.7 Å². The van der Waals surface area contributed by atoms with Crippen LogP contribution in [-0.4, -0.2) is 8.75 Å². The molecule has 0 aliphatic heterocycles. The highest BCUT2D eigenvalue weighted by atomic mass is 32.1. The van der Waals surface area contributed by atoms with E-state index < -0.39 is 0 Å². The maximum atomic E-state index is 4.31. The molecule has 0 atom stereocenters. The van der Waals surface area contributed by atoms with Crippen LogP contribution in [0.25, 0.3) is 21.5 Å². The van der Waals surface area contributed by atoms with E-state index in [9.17, 15) is 0 Å². The van der Waals surface area contributed by atoms with Gasteiger partial charge < -0.3 is 0 Å². The molecule has 2 aromatic heterocycles. The Hall–Kier alpha value is -1.26. The summed E-state index contributed by atoms with van der Waals surface area (Å²) in [5, 5.41) is 2.08. The summed E-state index contributed by atoms with van der Waals surface area (Å²) in [6.07, 6.45) is 0. The first kappa shape index (κ1) is 8.08. The van der Waals surface area contributed by atoms with Crippen molar-refractivity contribution >= 4 is 34.1 Å². The molecule has 14 heavy (non-hydrogen) atoms. The molecule has 0 N–H and O–H groups in total. The molecule has 2 heterocycles. The van der Waals surface area contributed by atoms with E-state index in [1.165, 1.54) is 22.2 Å². The van der Waals surface area contributed by atoms with Crippen LogP contribution in [0.2, 0.25) is 0 Å². The fourth-order valence-electron chi connectivity index (χ4n) is 1.44. The van der Waals surface area contributed by atoms with E-state index >= 15 is 0 Å². The molecule has 68 valence electrons. The second kappa shape index (κ2) is 3.15. The van der Waals surface area contributed by atoms with Crippen LogP contribution in [-0.2, 0) is 0 Å². The molecule has 0 radical (unpaired) electrons. The van der Waals surface area contributed by atoms with E-state index in [1.807, 2.05) is 12.1 Å². The van der Waals surface area contributed by atoms with E-state index in [4.69, 9.17) is 0 Å². The Labute approximate surface area is 89.2 Å². The van der Waals surface area contributed by atoms with E-state index in [2.05, 4.69) is 32.3 Å². The molecule has 4 heteroatoms. The molecular formula is C10H6N2S2. The highest BCUT2D eigenvalue weighted by molar-refractivity contribution is 7.13. The molecule has 0 saturated carbocycles. The van der Waals surface area contributed by atoms with Crippen molar-refractivity contribution in [3.8, 4) is 10.4 Å². The van der Waals surface area contributed by atoms with Gasteiger partial charge in [0.1, 0.15) is 11.0 Å². The normalized spacial score (nSPS) is 10.9. The summed E-state index contributed by atoms with van der Waals surface area (Å²) in [4.78, 5) is 1.25. The zero-order chi connectivity index (χ0) is 9.38. The Morgan fingerprint density at radius 3 is 2.86 bits per heavy atom. The van der Waals surface area contributed by atoms with Crippen LogP contribution in [0.1, 0.15) is 0 Å². The first-order chi connectivity index (χ1) is 6.95. The third kappa shape index (κ3) is 1.15. The Balaban J connectivity index is 2.36. The second-order valence-corrected chi connectivity index (χ2v) is 4.39. The maximum absolute atomic E-state index is 4.31. The van der Waals surface area contributed by atoms with Gasteiger partial charge in [-0.3, -0.25) is 0 Å². The van der Waals surface area contributed by atoms with Gasteiger partial charge in [-0.1, -0.05) is 18.2 Å². The summed E-state index contributed by atoms with van der Waals surface area (Å²) >= 11 is 3.00. The minimum atomic E-state index is 0.987. The zero-order valence-corrected chi connectivity index (χ0v) is 8.81. The number of aromatic nitrogens is 2. The van der Waals surface area contributed by atoms with Crippen molar-refractivity contribution in [1.29, 1.82) is 0 Å². The lowest BCUT2D eigenvalue weighted by Gasteiger charge is -1.96. The van der Waals surface area contributed by atoms with Gasteiger partial charge in [-0.2, -0.15) is 8.75 Å². The van der Waals surface area contributed by atoms with Crippen molar-refractivity contribution in [2.75, 3.05) is 0 Å². The number of benzene rings is 1. The van der Waals surface area contributed by atoms with Crippen LogP contribution in [0.3, 0.4) is 0 Å². The standard InChI is InChI=1S/C10H6N2S2/c1-3-7(9-5-2-6-13-9)10-8(4-1)11-14-12-10/h1-6H. The van der Waals surface area contributed by atoms with Crippen molar-refractivity contribution in [2.45, 2.75) is 0 Å². The Kier molecular flexibility index (Phi) is 1.82. The number of hydrogen-bond acceptors (Lipinski definition) is 4. The summed E-state index contributed by atoms with van der Waals surface area (Å²) in [5.74, 6) is 0. The van der Waals surface area contributed by atoms with Gasteiger partial charge in [-0.15, -0.1) is 11.3 Å². The number of thiophene rings is 1. The zero-order valence-electron chi connectivity index (χ0n) is 7.18. The van der Waals surface area contributed by atoms with Crippen LogP contribution >= 0.6 is 23.1 Å². The van der Waals surface area contributed by atoms with Crippen LogP contribution in [0.5, 0.6) is 0 Å². The molecule has 0 aliphatic carbocycles. The minimum absolute atomic E-state index is 0.987. The van der Waals surface area contributed by atoms with E-state index in [1.54, 1.807) is 11.3 Å². The Morgan fingerprint density at radius 1 is 1.00 bits per heavy atom. The average Bonchev–Trinajstić information content (AvgIpc) is 2.88. The second-order valence-electron chi connectivity index (χ2n) is 2.91. The Bertz CT molecular complexity index is 554. The minimum Gasteiger partial charge on any atom is -0.173 e. The SMILES string of the molecule is c1csc(-c2cccc3nsnc23)c1.